The summed E-state index contributed by atoms with van der Waals surface area (Å²) in [5.74, 6) is -0.939. The van der Waals surface area contributed by atoms with Crippen molar-refractivity contribution in [3.63, 3.8) is 0 Å². The Balaban J connectivity index is 2.12. The summed E-state index contributed by atoms with van der Waals surface area (Å²) in [5.41, 5.74) is 1.70. The van der Waals surface area contributed by atoms with E-state index in [9.17, 15) is 9.18 Å². The summed E-state index contributed by atoms with van der Waals surface area (Å²) >= 11 is 0. The molecule has 5 heteroatoms. The molecule has 0 aliphatic heterocycles. The zero-order valence-corrected chi connectivity index (χ0v) is 10.9. The van der Waals surface area contributed by atoms with Crippen LogP contribution in [0.15, 0.2) is 42.5 Å². The van der Waals surface area contributed by atoms with E-state index in [1.165, 1.54) is 25.3 Å². The average molecular weight is 275 g/mol. The number of nitrogens with one attached hydrogen (secondary N) is 1. The molecule has 0 aromatic heterocycles. The third-order valence-electron chi connectivity index (χ3n) is 2.82. The van der Waals surface area contributed by atoms with Crippen molar-refractivity contribution in [2.75, 3.05) is 12.4 Å². The minimum Gasteiger partial charge on any atom is -0.494 e. The van der Waals surface area contributed by atoms with Crippen LogP contribution >= 0.6 is 0 Å². The Kier molecular flexibility index (Phi) is 4.20. The SMILES string of the molecule is COc1cc(F)ccc1NCc1cccc(C(=O)O)c1. The van der Waals surface area contributed by atoms with Gasteiger partial charge in [0.25, 0.3) is 0 Å². The minimum absolute atomic E-state index is 0.232. The van der Waals surface area contributed by atoms with E-state index in [1.54, 1.807) is 18.2 Å². The van der Waals surface area contributed by atoms with Gasteiger partial charge in [0.05, 0.1) is 18.4 Å². The summed E-state index contributed by atoms with van der Waals surface area (Å²) < 4.78 is 18.1. The molecule has 0 aliphatic carbocycles. The number of ether oxygens (including phenoxy) is 1. The van der Waals surface area contributed by atoms with Crippen LogP contribution < -0.4 is 10.1 Å². The number of carbonyl (C=O) groups is 1. The topological polar surface area (TPSA) is 58.6 Å². The maximum Gasteiger partial charge on any atom is 0.335 e. The smallest absolute Gasteiger partial charge is 0.335 e. The summed E-state index contributed by atoms with van der Waals surface area (Å²) in [6.45, 7) is 0.420. The number of halogens is 1. The molecule has 20 heavy (non-hydrogen) atoms. The molecule has 2 aromatic carbocycles. The standard InChI is InChI=1S/C15H14FNO3/c1-20-14-8-12(16)5-6-13(14)17-9-10-3-2-4-11(7-10)15(18)19/h2-8,17H,9H2,1H3,(H,18,19). The van der Waals surface area contributed by atoms with Crippen LogP contribution in [-0.2, 0) is 6.54 Å². The van der Waals surface area contributed by atoms with Gasteiger partial charge >= 0.3 is 5.97 Å². The molecular formula is C15H14FNO3. The van der Waals surface area contributed by atoms with Crippen LogP contribution in [0.1, 0.15) is 15.9 Å². The lowest BCUT2D eigenvalue weighted by Crippen LogP contribution is -2.03. The van der Waals surface area contributed by atoms with E-state index in [0.717, 1.165) is 5.56 Å². The summed E-state index contributed by atoms with van der Waals surface area (Å²) in [6, 6.07) is 10.8. The third kappa shape index (κ3) is 3.26. The third-order valence-corrected chi connectivity index (χ3v) is 2.82. The number of benzene rings is 2. The van der Waals surface area contributed by atoms with E-state index in [2.05, 4.69) is 5.32 Å². The van der Waals surface area contributed by atoms with Crippen LogP contribution in [0.5, 0.6) is 5.75 Å². The first-order valence-corrected chi connectivity index (χ1v) is 6.00. The number of rotatable bonds is 5. The first-order chi connectivity index (χ1) is 9.60. The highest BCUT2D eigenvalue weighted by Gasteiger charge is 2.06. The number of carboxylic acid groups (broad SMARTS) is 1. The number of hydrogen-bond acceptors (Lipinski definition) is 3. The second-order valence-electron chi connectivity index (χ2n) is 4.20. The Bertz CT molecular complexity index is 628. The molecule has 0 fully saturated rings. The molecule has 0 heterocycles. The van der Waals surface area contributed by atoms with Crippen molar-refractivity contribution in [3.05, 3.63) is 59.4 Å². The van der Waals surface area contributed by atoms with Gasteiger partial charge in [-0.2, -0.15) is 0 Å². The van der Waals surface area contributed by atoms with Crippen molar-refractivity contribution in [2.24, 2.45) is 0 Å². The normalized spacial score (nSPS) is 10.1. The molecule has 0 saturated carbocycles. The lowest BCUT2D eigenvalue weighted by Gasteiger charge is -2.11. The fraction of sp³-hybridized carbons (Fsp3) is 0.133. The fourth-order valence-electron chi connectivity index (χ4n) is 1.82. The largest absolute Gasteiger partial charge is 0.494 e. The molecule has 2 N–H and O–H groups in total. The van der Waals surface area contributed by atoms with Crippen LogP contribution in [0, 0.1) is 5.82 Å². The highest BCUT2D eigenvalue weighted by Crippen LogP contribution is 2.25. The molecule has 2 aromatic rings. The predicted molar refractivity (Wildman–Crippen MR) is 73.7 cm³/mol. The predicted octanol–water partition coefficient (Wildman–Crippen LogP) is 3.14. The Hall–Kier alpha value is -2.56. The molecule has 0 amide bonds. The number of methoxy groups -OCH3 is 1. The van der Waals surface area contributed by atoms with Gasteiger partial charge in [0.2, 0.25) is 0 Å². The minimum atomic E-state index is -0.966. The summed E-state index contributed by atoms with van der Waals surface area (Å²) in [7, 11) is 1.46. The van der Waals surface area contributed by atoms with Gasteiger partial charge in [-0.3, -0.25) is 0 Å². The van der Waals surface area contributed by atoms with Crippen LogP contribution in [0.25, 0.3) is 0 Å². The van der Waals surface area contributed by atoms with Gasteiger partial charge in [-0.1, -0.05) is 12.1 Å². The van der Waals surface area contributed by atoms with Crippen molar-refractivity contribution < 1.29 is 19.0 Å². The van der Waals surface area contributed by atoms with Crippen LogP contribution in [0.2, 0.25) is 0 Å². The van der Waals surface area contributed by atoms with E-state index in [1.807, 2.05) is 6.07 Å². The molecule has 4 nitrogen and oxygen atoms in total. The molecule has 0 atom stereocenters. The number of hydrogen-bond donors (Lipinski definition) is 2. The fourth-order valence-corrected chi connectivity index (χ4v) is 1.82. The van der Waals surface area contributed by atoms with Gasteiger partial charge in [-0.15, -0.1) is 0 Å². The van der Waals surface area contributed by atoms with Crippen molar-refractivity contribution >= 4 is 11.7 Å². The Morgan fingerprint density at radius 3 is 2.80 bits per heavy atom. The zero-order valence-electron chi connectivity index (χ0n) is 10.9. The maximum atomic E-state index is 13.1. The van der Waals surface area contributed by atoms with Gasteiger partial charge < -0.3 is 15.2 Å². The Morgan fingerprint density at radius 2 is 2.10 bits per heavy atom. The lowest BCUT2D eigenvalue weighted by atomic mass is 10.1. The van der Waals surface area contributed by atoms with Crippen molar-refractivity contribution in [1.29, 1.82) is 0 Å². The van der Waals surface area contributed by atoms with Crippen molar-refractivity contribution in [1.82, 2.24) is 0 Å². The van der Waals surface area contributed by atoms with Gasteiger partial charge in [-0.25, -0.2) is 9.18 Å². The number of aromatic carboxylic acids is 1. The zero-order chi connectivity index (χ0) is 14.5. The van der Waals surface area contributed by atoms with E-state index in [4.69, 9.17) is 9.84 Å². The maximum absolute atomic E-state index is 13.1. The molecule has 0 radical (unpaired) electrons. The monoisotopic (exact) mass is 275 g/mol. The molecule has 0 aliphatic rings. The van der Waals surface area contributed by atoms with Gasteiger partial charge in [0.15, 0.2) is 0 Å². The summed E-state index contributed by atoms with van der Waals surface area (Å²) in [4.78, 5) is 10.9. The van der Waals surface area contributed by atoms with Gasteiger partial charge in [0.1, 0.15) is 11.6 Å². The molecule has 104 valence electrons. The molecule has 0 saturated heterocycles. The van der Waals surface area contributed by atoms with Crippen LogP contribution in [0.3, 0.4) is 0 Å². The van der Waals surface area contributed by atoms with Crippen LogP contribution in [-0.4, -0.2) is 18.2 Å². The Morgan fingerprint density at radius 1 is 1.30 bits per heavy atom. The molecule has 0 spiro atoms. The number of anilines is 1. The lowest BCUT2D eigenvalue weighted by molar-refractivity contribution is 0.0696. The van der Waals surface area contributed by atoms with Gasteiger partial charge in [-0.05, 0) is 29.8 Å². The molecule has 0 unspecified atom stereocenters. The van der Waals surface area contributed by atoms with E-state index >= 15 is 0 Å². The van der Waals surface area contributed by atoms with Crippen LogP contribution in [0.4, 0.5) is 10.1 Å². The second-order valence-corrected chi connectivity index (χ2v) is 4.20. The average Bonchev–Trinajstić information content (AvgIpc) is 2.46. The van der Waals surface area contributed by atoms with Crippen molar-refractivity contribution in [3.8, 4) is 5.75 Å². The Labute approximate surface area is 115 Å². The van der Waals surface area contributed by atoms with E-state index < -0.39 is 5.97 Å². The molecular weight excluding hydrogens is 261 g/mol. The summed E-state index contributed by atoms with van der Waals surface area (Å²) in [6.07, 6.45) is 0. The second kappa shape index (κ2) is 6.06. The first-order valence-electron chi connectivity index (χ1n) is 6.00. The van der Waals surface area contributed by atoms with Gasteiger partial charge in [0, 0.05) is 12.6 Å². The molecule has 2 rings (SSSR count). The quantitative estimate of drug-likeness (QED) is 0.880. The summed E-state index contributed by atoms with van der Waals surface area (Å²) in [5, 5.41) is 12.0. The number of carboxylic acids is 1. The molecule has 0 bridgehead atoms. The van der Waals surface area contributed by atoms with E-state index in [0.29, 0.717) is 18.0 Å². The highest BCUT2D eigenvalue weighted by atomic mass is 19.1. The highest BCUT2D eigenvalue weighted by molar-refractivity contribution is 5.87. The van der Waals surface area contributed by atoms with Crippen molar-refractivity contribution in [2.45, 2.75) is 6.54 Å². The first kappa shape index (κ1) is 13.9. The van der Waals surface area contributed by atoms with E-state index in [-0.39, 0.29) is 11.4 Å².